The molecule has 5 nitrogen and oxygen atoms in total. The summed E-state index contributed by atoms with van der Waals surface area (Å²) in [7, 11) is 0. The molecule has 5 heteroatoms. The van der Waals surface area contributed by atoms with E-state index >= 15 is 0 Å². The third-order valence-electron chi connectivity index (χ3n) is 4.89. The Balaban J connectivity index is 1.87. The monoisotopic (exact) mass is 333 g/mol. The lowest BCUT2D eigenvalue weighted by Gasteiger charge is -2.19. The summed E-state index contributed by atoms with van der Waals surface area (Å²) in [6.45, 7) is 7.81. The van der Waals surface area contributed by atoms with Crippen molar-refractivity contribution in [3.8, 4) is 5.75 Å². The van der Waals surface area contributed by atoms with Gasteiger partial charge in [0.15, 0.2) is 0 Å². The first kappa shape index (κ1) is 18.7. The average molecular weight is 333 g/mol. The number of rotatable bonds is 9. The van der Waals surface area contributed by atoms with Crippen molar-refractivity contribution in [2.24, 2.45) is 11.7 Å². The van der Waals surface area contributed by atoms with Crippen molar-refractivity contribution >= 4 is 11.6 Å². The maximum Gasteiger partial charge on any atom is 0.224 e. The highest BCUT2D eigenvalue weighted by atomic mass is 16.5. The summed E-state index contributed by atoms with van der Waals surface area (Å²) >= 11 is 0. The van der Waals surface area contributed by atoms with Gasteiger partial charge in [0.2, 0.25) is 5.91 Å². The topological polar surface area (TPSA) is 67.6 Å². The van der Waals surface area contributed by atoms with Gasteiger partial charge in [-0.3, -0.25) is 4.79 Å². The van der Waals surface area contributed by atoms with Crippen LogP contribution in [0.5, 0.6) is 5.75 Å². The van der Waals surface area contributed by atoms with Crippen LogP contribution in [0.15, 0.2) is 24.3 Å². The number of nitrogens with two attached hydrogens (primary N) is 1. The van der Waals surface area contributed by atoms with Crippen LogP contribution in [0.1, 0.15) is 39.5 Å². The highest BCUT2D eigenvalue weighted by molar-refractivity contribution is 5.92. The first-order valence-corrected chi connectivity index (χ1v) is 9.13. The fourth-order valence-electron chi connectivity index (χ4n) is 3.28. The molecule has 0 bridgehead atoms. The molecule has 134 valence electrons. The van der Waals surface area contributed by atoms with Crippen LogP contribution in [0.25, 0.3) is 0 Å². The number of nitrogens with zero attached hydrogens (tertiary/aromatic N) is 1. The molecule has 0 aliphatic heterocycles. The fraction of sp³-hybridized carbons (Fsp3) is 0.632. The van der Waals surface area contributed by atoms with Gasteiger partial charge in [-0.05, 0) is 44.0 Å². The molecule has 1 saturated carbocycles. The summed E-state index contributed by atoms with van der Waals surface area (Å²) in [5, 5.41) is 2.99. The summed E-state index contributed by atoms with van der Waals surface area (Å²) in [5.74, 6) is 1.06. The standard InChI is InChI=1S/C19H31N3O2/c1-3-22(4-2)12-13-24-18-11-6-5-10-17(18)21-19(23)14-15-8-7-9-16(15)20/h5-6,10-11,15-16H,3-4,7-9,12-14,20H2,1-2H3,(H,21,23)/t15-,16+/m0/s1. The number of para-hydroxylation sites is 2. The summed E-state index contributed by atoms with van der Waals surface area (Å²) in [5.41, 5.74) is 6.81. The number of benzene rings is 1. The second-order valence-electron chi connectivity index (χ2n) is 6.48. The Hall–Kier alpha value is -1.59. The van der Waals surface area contributed by atoms with Crippen LogP contribution in [-0.2, 0) is 4.79 Å². The minimum Gasteiger partial charge on any atom is -0.490 e. The fourth-order valence-corrected chi connectivity index (χ4v) is 3.28. The van der Waals surface area contributed by atoms with Crippen molar-refractivity contribution in [3.05, 3.63) is 24.3 Å². The maximum absolute atomic E-state index is 12.3. The van der Waals surface area contributed by atoms with Gasteiger partial charge in [-0.2, -0.15) is 0 Å². The van der Waals surface area contributed by atoms with E-state index in [1.54, 1.807) is 0 Å². The SMILES string of the molecule is CCN(CC)CCOc1ccccc1NC(=O)C[C@@H]1CCC[C@H]1N. The molecule has 0 heterocycles. The molecule has 0 radical (unpaired) electrons. The number of anilines is 1. The van der Waals surface area contributed by atoms with E-state index in [1.807, 2.05) is 24.3 Å². The second kappa shape index (κ2) is 9.64. The van der Waals surface area contributed by atoms with Gasteiger partial charge in [0, 0.05) is 19.0 Å². The predicted molar refractivity (Wildman–Crippen MR) is 98.3 cm³/mol. The smallest absolute Gasteiger partial charge is 0.224 e. The van der Waals surface area contributed by atoms with Crippen LogP contribution in [0.4, 0.5) is 5.69 Å². The summed E-state index contributed by atoms with van der Waals surface area (Å²) in [4.78, 5) is 14.6. The largest absolute Gasteiger partial charge is 0.490 e. The third-order valence-corrected chi connectivity index (χ3v) is 4.89. The van der Waals surface area contributed by atoms with Gasteiger partial charge in [0.1, 0.15) is 12.4 Å². The Morgan fingerprint density at radius 3 is 2.71 bits per heavy atom. The van der Waals surface area contributed by atoms with Gasteiger partial charge in [0.25, 0.3) is 0 Å². The van der Waals surface area contributed by atoms with E-state index in [2.05, 4.69) is 24.1 Å². The van der Waals surface area contributed by atoms with E-state index in [1.165, 1.54) is 0 Å². The molecule has 1 fully saturated rings. The van der Waals surface area contributed by atoms with Crippen molar-refractivity contribution in [3.63, 3.8) is 0 Å². The molecule has 3 N–H and O–H groups in total. The Morgan fingerprint density at radius 1 is 1.29 bits per heavy atom. The quantitative estimate of drug-likeness (QED) is 0.729. The number of nitrogens with one attached hydrogen (secondary N) is 1. The highest BCUT2D eigenvalue weighted by Gasteiger charge is 2.26. The van der Waals surface area contributed by atoms with Crippen LogP contribution in [0.2, 0.25) is 0 Å². The lowest BCUT2D eigenvalue weighted by molar-refractivity contribution is -0.117. The van der Waals surface area contributed by atoms with E-state index in [0.29, 0.717) is 18.9 Å². The number of amides is 1. The predicted octanol–water partition coefficient (Wildman–Crippen LogP) is 2.86. The van der Waals surface area contributed by atoms with Crippen LogP contribution >= 0.6 is 0 Å². The van der Waals surface area contributed by atoms with Crippen molar-refractivity contribution < 1.29 is 9.53 Å². The average Bonchev–Trinajstić information content (AvgIpc) is 2.98. The number of carbonyl (C=O) groups excluding carboxylic acids is 1. The Labute approximate surface area is 145 Å². The maximum atomic E-state index is 12.3. The van der Waals surface area contributed by atoms with E-state index in [9.17, 15) is 4.79 Å². The first-order valence-electron chi connectivity index (χ1n) is 9.13. The van der Waals surface area contributed by atoms with Crippen molar-refractivity contribution in [1.82, 2.24) is 4.90 Å². The van der Waals surface area contributed by atoms with Gasteiger partial charge >= 0.3 is 0 Å². The Bertz CT molecular complexity index is 517. The summed E-state index contributed by atoms with van der Waals surface area (Å²) < 4.78 is 5.88. The zero-order valence-corrected chi connectivity index (χ0v) is 15.0. The highest BCUT2D eigenvalue weighted by Crippen LogP contribution is 2.28. The minimum atomic E-state index is 0.0251. The minimum absolute atomic E-state index is 0.0251. The molecule has 0 spiro atoms. The van der Waals surface area contributed by atoms with Gasteiger partial charge < -0.3 is 20.7 Å². The van der Waals surface area contributed by atoms with E-state index in [-0.39, 0.29) is 11.9 Å². The zero-order chi connectivity index (χ0) is 17.4. The molecule has 0 saturated heterocycles. The molecular formula is C19H31N3O2. The van der Waals surface area contributed by atoms with Crippen LogP contribution in [0, 0.1) is 5.92 Å². The molecular weight excluding hydrogens is 302 g/mol. The summed E-state index contributed by atoms with van der Waals surface area (Å²) in [6, 6.07) is 7.79. The molecule has 0 unspecified atom stereocenters. The second-order valence-corrected chi connectivity index (χ2v) is 6.48. The molecule has 2 atom stereocenters. The lowest BCUT2D eigenvalue weighted by Crippen LogP contribution is -2.29. The molecule has 1 aliphatic carbocycles. The molecule has 1 aromatic carbocycles. The molecule has 1 aromatic rings. The van der Waals surface area contributed by atoms with Crippen molar-refractivity contribution in [2.45, 2.75) is 45.6 Å². The number of likely N-dealkylation sites (N-methyl/N-ethyl adjacent to an activating group) is 1. The molecule has 24 heavy (non-hydrogen) atoms. The first-order chi connectivity index (χ1) is 11.6. The molecule has 2 rings (SSSR count). The van der Waals surface area contributed by atoms with Gasteiger partial charge in [-0.1, -0.05) is 32.4 Å². The Morgan fingerprint density at radius 2 is 2.04 bits per heavy atom. The van der Waals surface area contributed by atoms with Crippen LogP contribution < -0.4 is 15.8 Å². The normalized spacial score (nSPS) is 20.3. The number of ether oxygens (including phenoxy) is 1. The lowest BCUT2D eigenvalue weighted by atomic mass is 10.00. The summed E-state index contributed by atoms with van der Waals surface area (Å²) in [6.07, 6.45) is 3.71. The van der Waals surface area contributed by atoms with Crippen molar-refractivity contribution in [2.75, 3.05) is 31.6 Å². The van der Waals surface area contributed by atoms with Crippen molar-refractivity contribution in [1.29, 1.82) is 0 Å². The van der Waals surface area contributed by atoms with E-state index < -0.39 is 0 Å². The van der Waals surface area contributed by atoms with Gasteiger partial charge in [-0.25, -0.2) is 0 Å². The molecule has 1 amide bonds. The zero-order valence-electron chi connectivity index (χ0n) is 15.0. The van der Waals surface area contributed by atoms with E-state index in [0.717, 1.165) is 50.3 Å². The third kappa shape index (κ3) is 5.49. The number of hydrogen-bond donors (Lipinski definition) is 2. The van der Waals surface area contributed by atoms with Gasteiger partial charge in [0.05, 0.1) is 5.69 Å². The van der Waals surface area contributed by atoms with Gasteiger partial charge in [-0.15, -0.1) is 0 Å². The molecule has 1 aliphatic rings. The van der Waals surface area contributed by atoms with Crippen LogP contribution in [0.3, 0.4) is 0 Å². The molecule has 0 aromatic heterocycles. The Kier molecular flexibility index (Phi) is 7.53. The van der Waals surface area contributed by atoms with Crippen LogP contribution in [-0.4, -0.2) is 43.1 Å². The number of carbonyl (C=O) groups is 1. The number of hydrogen-bond acceptors (Lipinski definition) is 4. The van der Waals surface area contributed by atoms with E-state index in [4.69, 9.17) is 10.5 Å².